The van der Waals surface area contributed by atoms with Crippen LogP contribution in [0.3, 0.4) is 0 Å². The van der Waals surface area contributed by atoms with Crippen molar-refractivity contribution in [2.45, 2.75) is 65.2 Å². The zero-order valence-electron chi connectivity index (χ0n) is 13.7. The molecule has 0 spiro atoms. The van der Waals surface area contributed by atoms with E-state index in [2.05, 4.69) is 17.5 Å². The van der Waals surface area contributed by atoms with E-state index in [0.717, 1.165) is 18.4 Å². The first-order chi connectivity index (χ1) is 10.6. The third-order valence-corrected chi connectivity index (χ3v) is 3.62. The van der Waals surface area contributed by atoms with E-state index in [1.807, 2.05) is 0 Å². The number of nitrogens with one attached hydrogen (secondary N) is 1. The molecule has 0 aliphatic carbocycles. The third kappa shape index (κ3) is 7.91. The lowest BCUT2D eigenvalue weighted by molar-refractivity contribution is -0.121. The fourth-order valence-corrected chi connectivity index (χ4v) is 2.20. The lowest BCUT2D eigenvalue weighted by Crippen LogP contribution is -2.18. The Morgan fingerprint density at radius 2 is 1.64 bits per heavy atom. The van der Waals surface area contributed by atoms with Gasteiger partial charge in [0.25, 0.3) is 0 Å². The van der Waals surface area contributed by atoms with Gasteiger partial charge in [-0.3, -0.25) is 4.79 Å². The minimum Gasteiger partial charge on any atom is -0.273 e. The Morgan fingerprint density at radius 1 is 1.05 bits per heavy atom. The summed E-state index contributed by atoms with van der Waals surface area (Å²) in [6.07, 6.45) is 8.83. The first-order valence-electron chi connectivity index (χ1n) is 8.22. The van der Waals surface area contributed by atoms with E-state index in [0.29, 0.717) is 12.1 Å². The molecule has 0 fully saturated rings. The number of unbranched alkanes of at least 4 members (excludes halogenated alkanes) is 6. The second-order valence-electron chi connectivity index (χ2n) is 5.61. The van der Waals surface area contributed by atoms with Gasteiger partial charge in [0.2, 0.25) is 5.91 Å². The Bertz CT molecular complexity index is 468. The normalized spacial score (nSPS) is 11.5. The lowest BCUT2D eigenvalue weighted by Gasteiger charge is -2.03. The van der Waals surface area contributed by atoms with Crippen molar-refractivity contribution in [1.29, 1.82) is 0 Å². The van der Waals surface area contributed by atoms with Gasteiger partial charge in [0.15, 0.2) is 0 Å². The molecule has 1 rings (SSSR count). The summed E-state index contributed by atoms with van der Waals surface area (Å²) in [5.41, 5.74) is 4.04. The van der Waals surface area contributed by atoms with Gasteiger partial charge in [0.1, 0.15) is 5.82 Å². The van der Waals surface area contributed by atoms with E-state index in [1.165, 1.54) is 44.2 Å². The Kier molecular flexibility index (Phi) is 9.12. The number of halogens is 1. The SMILES string of the molecule is CCCCCCCCCC(=O)N/N=C(\C)c1ccc(F)cc1. The molecule has 1 N–H and O–H groups in total. The fourth-order valence-electron chi connectivity index (χ4n) is 2.20. The van der Waals surface area contributed by atoms with Gasteiger partial charge < -0.3 is 0 Å². The molecule has 0 atom stereocenters. The van der Waals surface area contributed by atoms with Crippen LogP contribution in [0, 0.1) is 5.82 Å². The number of amides is 1. The quantitative estimate of drug-likeness (QED) is 0.376. The maximum absolute atomic E-state index is 12.8. The number of rotatable bonds is 10. The summed E-state index contributed by atoms with van der Waals surface area (Å²) in [5.74, 6) is -0.338. The van der Waals surface area contributed by atoms with E-state index >= 15 is 0 Å². The summed E-state index contributed by atoms with van der Waals surface area (Å²) in [6.45, 7) is 4.00. The van der Waals surface area contributed by atoms with Crippen molar-refractivity contribution in [3.63, 3.8) is 0 Å². The highest BCUT2D eigenvalue weighted by molar-refractivity contribution is 5.99. The van der Waals surface area contributed by atoms with Crippen molar-refractivity contribution in [3.05, 3.63) is 35.6 Å². The third-order valence-electron chi connectivity index (χ3n) is 3.62. The second kappa shape index (κ2) is 10.9. The molecule has 0 saturated carbocycles. The first-order valence-corrected chi connectivity index (χ1v) is 8.22. The van der Waals surface area contributed by atoms with E-state index in [4.69, 9.17) is 0 Å². The second-order valence-corrected chi connectivity index (χ2v) is 5.61. The summed E-state index contributed by atoms with van der Waals surface area (Å²) in [5, 5.41) is 4.06. The van der Waals surface area contributed by atoms with Crippen molar-refractivity contribution in [3.8, 4) is 0 Å². The maximum atomic E-state index is 12.8. The zero-order chi connectivity index (χ0) is 16.2. The minimum atomic E-state index is -0.278. The highest BCUT2D eigenvalue weighted by Crippen LogP contribution is 2.08. The van der Waals surface area contributed by atoms with Crippen LogP contribution >= 0.6 is 0 Å². The Balaban J connectivity index is 2.19. The first kappa shape index (κ1) is 18.3. The average molecular weight is 306 g/mol. The molecule has 0 aromatic heterocycles. The molecule has 22 heavy (non-hydrogen) atoms. The van der Waals surface area contributed by atoms with Crippen LogP contribution < -0.4 is 5.43 Å². The molecular weight excluding hydrogens is 279 g/mol. The summed E-state index contributed by atoms with van der Waals surface area (Å²) < 4.78 is 12.8. The Morgan fingerprint density at radius 3 is 2.27 bits per heavy atom. The highest BCUT2D eigenvalue weighted by Gasteiger charge is 2.02. The van der Waals surface area contributed by atoms with Crippen LogP contribution in [-0.4, -0.2) is 11.6 Å². The summed E-state index contributed by atoms with van der Waals surface area (Å²) in [4.78, 5) is 11.7. The summed E-state index contributed by atoms with van der Waals surface area (Å²) in [7, 11) is 0. The standard InChI is InChI=1S/C18H27FN2O/c1-3-4-5-6-7-8-9-10-18(22)21-20-15(2)16-11-13-17(19)14-12-16/h11-14H,3-10H2,1-2H3,(H,21,22)/b20-15+. The van der Waals surface area contributed by atoms with Crippen LogP contribution in [0.25, 0.3) is 0 Å². The van der Waals surface area contributed by atoms with Gasteiger partial charge in [0, 0.05) is 6.42 Å². The molecule has 0 unspecified atom stereocenters. The van der Waals surface area contributed by atoms with Crippen molar-refractivity contribution < 1.29 is 9.18 Å². The number of hydrogen-bond acceptors (Lipinski definition) is 2. The number of nitrogens with zero attached hydrogens (tertiary/aromatic N) is 1. The molecule has 0 aliphatic rings. The van der Waals surface area contributed by atoms with Crippen LogP contribution in [0.15, 0.2) is 29.4 Å². The molecule has 1 amide bonds. The number of benzene rings is 1. The van der Waals surface area contributed by atoms with Crippen molar-refractivity contribution in [2.75, 3.05) is 0 Å². The minimum absolute atomic E-state index is 0.0602. The van der Waals surface area contributed by atoms with E-state index in [-0.39, 0.29) is 11.7 Å². The molecule has 122 valence electrons. The lowest BCUT2D eigenvalue weighted by atomic mass is 10.1. The van der Waals surface area contributed by atoms with Gasteiger partial charge in [-0.2, -0.15) is 5.10 Å². The van der Waals surface area contributed by atoms with E-state index in [9.17, 15) is 9.18 Å². The van der Waals surface area contributed by atoms with Crippen LogP contribution in [0.2, 0.25) is 0 Å². The van der Waals surface area contributed by atoms with Gasteiger partial charge in [-0.05, 0) is 31.0 Å². The summed E-state index contributed by atoms with van der Waals surface area (Å²) >= 11 is 0. The molecule has 1 aromatic carbocycles. The van der Waals surface area contributed by atoms with Gasteiger partial charge in [-0.25, -0.2) is 9.82 Å². The van der Waals surface area contributed by atoms with E-state index < -0.39 is 0 Å². The monoisotopic (exact) mass is 306 g/mol. The fraction of sp³-hybridized carbons (Fsp3) is 0.556. The topological polar surface area (TPSA) is 41.5 Å². The van der Waals surface area contributed by atoms with E-state index in [1.54, 1.807) is 19.1 Å². The largest absolute Gasteiger partial charge is 0.273 e. The van der Waals surface area contributed by atoms with Crippen molar-refractivity contribution in [2.24, 2.45) is 5.10 Å². The summed E-state index contributed by atoms with van der Waals surface area (Å²) in [6, 6.07) is 6.07. The van der Waals surface area contributed by atoms with Crippen LogP contribution in [0.5, 0.6) is 0 Å². The van der Waals surface area contributed by atoms with Crippen LogP contribution in [0.4, 0.5) is 4.39 Å². The smallest absolute Gasteiger partial charge is 0.240 e. The van der Waals surface area contributed by atoms with Crippen LogP contribution in [-0.2, 0) is 4.79 Å². The molecule has 0 bridgehead atoms. The number of carbonyl (C=O) groups is 1. The van der Waals surface area contributed by atoms with Gasteiger partial charge in [-0.15, -0.1) is 0 Å². The molecule has 0 heterocycles. The number of hydrogen-bond donors (Lipinski definition) is 1. The average Bonchev–Trinajstić information content (AvgIpc) is 2.52. The van der Waals surface area contributed by atoms with Gasteiger partial charge >= 0.3 is 0 Å². The molecule has 0 radical (unpaired) electrons. The Hall–Kier alpha value is -1.71. The predicted molar refractivity (Wildman–Crippen MR) is 89.4 cm³/mol. The molecule has 4 heteroatoms. The number of carbonyl (C=O) groups excluding carboxylic acids is 1. The zero-order valence-corrected chi connectivity index (χ0v) is 13.7. The maximum Gasteiger partial charge on any atom is 0.240 e. The molecular formula is C18H27FN2O. The molecule has 3 nitrogen and oxygen atoms in total. The molecule has 0 aliphatic heterocycles. The Labute approximate surface area is 133 Å². The van der Waals surface area contributed by atoms with Crippen LogP contribution in [0.1, 0.15) is 70.8 Å². The van der Waals surface area contributed by atoms with Crippen molar-refractivity contribution in [1.82, 2.24) is 5.43 Å². The molecule has 1 aromatic rings. The van der Waals surface area contributed by atoms with Crippen molar-refractivity contribution >= 4 is 11.6 Å². The van der Waals surface area contributed by atoms with Gasteiger partial charge in [-0.1, -0.05) is 57.6 Å². The number of hydrazone groups is 1. The predicted octanol–water partition coefficient (Wildman–Crippen LogP) is 4.81. The highest BCUT2D eigenvalue weighted by atomic mass is 19.1. The van der Waals surface area contributed by atoms with Gasteiger partial charge in [0.05, 0.1) is 5.71 Å². The molecule has 0 saturated heterocycles.